The first-order valence-corrected chi connectivity index (χ1v) is 7.43. The number of carbonyl (C=O) groups is 2. The topological polar surface area (TPSA) is 87.7 Å². The Kier molecular flexibility index (Phi) is 6.72. The van der Waals surface area contributed by atoms with E-state index in [-0.39, 0.29) is 11.3 Å². The first kappa shape index (κ1) is 16.2. The number of carboxylic acids is 1. The molecule has 3 N–H and O–H groups in total. The molecule has 0 spiro atoms. The molecule has 0 saturated heterocycles. The molecule has 0 unspecified atom stereocenters. The van der Waals surface area contributed by atoms with E-state index in [9.17, 15) is 9.59 Å². The second-order valence-electron chi connectivity index (χ2n) is 3.94. The number of carbonyl (C=O) groups excluding carboxylic acids is 1. The highest BCUT2D eigenvalue weighted by molar-refractivity contribution is 7.98. The number of anilines is 1. The lowest BCUT2D eigenvalue weighted by Gasteiger charge is -2.11. The maximum Gasteiger partial charge on any atom is 0.337 e. The SMILES string of the molecule is COc1ccc(C(=O)O)c(NC(=O)NCCCSC)c1. The van der Waals surface area contributed by atoms with Gasteiger partial charge in [0.05, 0.1) is 18.4 Å². The summed E-state index contributed by atoms with van der Waals surface area (Å²) in [5.41, 5.74) is 0.226. The Hall–Kier alpha value is -1.89. The quantitative estimate of drug-likeness (QED) is 0.672. The van der Waals surface area contributed by atoms with Crippen LogP contribution in [0.3, 0.4) is 0 Å². The van der Waals surface area contributed by atoms with E-state index in [1.807, 2.05) is 6.26 Å². The van der Waals surface area contributed by atoms with E-state index in [0.29, 0.717) is 12.3 Å². The number of urea groups is 1. The van der Waals surface area contributed by atoms with E-state index in [1.165, 1.54) is 25.3 Å². The van der Waals surface area contributed by atoms with Crippen LogP contribution in [0.15, 0.2) is 18.2 Å². The standard InChI is InChI=1S/C13H18N2O4S/c1-19-9-4-5-10(12(16)17)11(8-9)15-13(18)14-6-3-7-20-2/h4-5,8H,3,6-7H2,1-2H3,(H,16,17)(H2,14,15,18). The van der Waals surface area contributed by atoms with Crippen molar-refractivity contribution in [3.63, 3.8) is 0 Å². The molecule has 0 aliphatic rings. The zero-order chi connectivity index (χ0) is 15.0. The van der Waals surface area contributed by atoms with Crippen LogP contribution in [0.2, 0.25) is 0 Å². The number of hydrogen-bond donors (Lipinski definition) is 3. The van der Waals surface area contributed by atoms with Gasteiger partial charge in [-0.15, -0.1) is 0 Å². The second-order valence-corrected chi connectivity index (χ2v) is 4.93. The summed E-state index contributed by atoms with van der Waals surface area (Å²) >= 11 is 1.70. The molecule has 6 nitrogen and oxygen atoms in total. The normalized spacial score (nSPS) is 9.90. The van der Waals surface area contributed by atoms with Crippen LogP contribution in [-0.4, -0.2) is 42.8 Å². The van der Waals surface area contributed by atoms with Gasteiger partial charge in [0.15, 0.2) is 0 Å². The van der Waals surface area contributed by atoms with Gasteiger partial charge in [-0.2, -0.15) is 11.8 Å². The zero-order valence-electron chi connectivity index (χ0n) is 11.4. The fourth-order valence-electron chi connectivity index (χ4n) is 1.53. The molecule has 1 aromatic rings. The van der Waals surface area contributed by atoms with Gasteiger partial charge in [-0.3, -0.25) is 0 Å². The number of amides is 2. The summed E-state index contributed by atoms with van der Waals surface area (Å²) in [6, 6.07) is 3.97. The van der Waals surface area contributed by atoms with Crippen molar-refractivity contribution in [1.29, 1.82) is 0 Å². The highest BCUT2D eigenvalue weighted by Gasteiger charge is 2.13. The molecule has 0 aromatic heterocycles. The van der Waals surface area contributed by atoms with Crippen LogP contribution in [-0.2, 0) is 0 Å². The molecule has 0 bridgehead atoms. The molecule has 0 aliphatic carbocycles. The van der Waals surface area contributed by atoms with Gasteiger partial charge in [0.25, 0.3) is 0 Å². The lowest BCUT2D eigenvalue weighted by atomic mass is 10.1. The van der Waals surface area contributed by atoms with Crippen molar-refractivity contribution in [2.24, 2.45) is 0 Å². The number of rotatable bonds is 7. The number of aromatic carboxylic acids is 1. The monoisotopic (exact) mass is 298 g/mol. The summed E-state index contributed by atoms with van der Waals surface area (Å²) in [6.45, 7) is 0.541. The summed E-state index contributed by atoms with van der Waals surface area (Å²) in [5, 5.41) is 14.3. The van der Waals surface area contributed by atoms with Crippen LogP contribution in [0.1, 0.15) is 16.8 Å². The number of ether oxygens (including phenoxy) is 1. The predicted molar refractivity (Wildman–Crippen MR) is 80.0 cm³/mol. The molecule has 0 aliphatic heterocycles. The van der Waals surface area contributed by atoms with Crippen molar-refractivity contribution in [2.45, 2.75) is 6.42 Å². The third-order valence-corrected chi connectivity index (χ3v) is 3.21. The molecule has 110 valence electrons. The average molecular weight is 298 g/mol. The molecule has 0 radical (unpaired) electrons. The number of nitrogens with one attached hydrogen (secondary N) is 2. The van der Waals surface area contributed by atoms with Gasteiger partial charge >= 0.3 is 12.0 Å². The Morgan fingerprint density at radius 1 is 1.40 bits per heavy atom. The highest BCUT2D eigenvalue weighted by atomic mass is 32.2. The number of hydrogen-bond acceptors (Lipinski definition) is 4. The Morgan fingerprint density at radius 3 is 2.75 bits per heavy atom. The van der Waals surface area contributed by atoms with Crippen LogP contribution in [0.4, 0.5) is 10.5 Å². The van der Waals surface area contributed by atoms with Crippen LogP contribution in [0.5, 0.6) is 5.75 Å². The minimum atomic E-state index is -1.11. The number of thioether (sulfide) groups is 1. The molecular formula is C13H18N2O4S. The zero-order valence-corrected chi connectivity index (χ0v) is 12.3. The molecule has 1 aromatic carbocycles. The fourth-order valence-corrected chi connectivity index (χ4v) is 1.96. The molecule has 0 heterocycles. The van der Waals surface area contributed by atoms with Crippen molar-refractivity contribution < 1.29 is 19.4 Å². The van der Waals surface area contributed by atoms with E-state index < -0.39 is 12.0 Å². The third kappa shape index (κ3) is 5.00. The lowest BCUT2D eigenvalue weighted by molar-refractivity contribution is 0.0698. The third-order valence-electron chi connectivity index (χ3n) is 2.52. The Balaban J connectivity index is 2.69. The van der Waals surface area contributed by atoms with Crippen LogP contribution >= 0.6 is 11.8 Å². The first-order valence-electron chi connectivity index (χ1n) is 6.03. The minimum absolute atomic E-state index is 0.0186. The maximum atomic E-state index is 11.7. The van der Waals surface area contributed by atoms with Gasteiger partial charge in [0.2, 0.25) is 0 Å². The maximum absolute atomic E-state index is 11.7. The fraction of sp³-hybridized carbons (Fsp3) is 0.385. The Morgan fingerprint density at radius 2 is 2.15 bits per heavy atom. The van der Waals surface area contributed by atoms with E-state index in [1.54, 1.807) is 11.8 Å². The average Bonchev–Trinajstić information content (AvgIpc) is 2.43. The lowest BCUT2D eigenvalue weighted by Crippen LogP contribution is -2.30. The summed E-state index contributed by atoms with van der Waals surface area (Å²) in [7, 11) is 1.47. The van der Waals surface area contributed by atoms with Crippen LogP contribution < -0.4 is 15.4 Å². The van der Waals surface area contributed by atoms with E-state index >= 15 is 0 Å². The van der Waals surface area contributed by atoms with Gasteiger partial charge < -0.3 is 20.5 Å². The molecule has 20 heavy (non-hydrogen) atoms. The Labute approximate surface area is 121 Å². The van der Waals surface area contributed by atoms with E-state index in [4.69, 9.17) is 9.84 Å². The van der Waals surface area contributed by atoms with Gasteiger partial charge in [-0.25, -0.2) is 9.59 Å². The number of methoxy groups -OCH3 is 1. The first-order chi connectivity index (χ1) is 9.58. The van der Waals surface area contributed by atoms with Crippen molar-refractivity contribution in [3.05, 3.63) is 23.8 Å². The minimum Gasteiger partial charge on any atom is -0.497 e. The molecular weight excluding hydrogens is 280 g/mol. The summed E-state index contributed by atoms with van der Waals surface area (Å²) in [6.07, 6.45) is 2.86. The van der Waals surface area contributed by atoms with Gasteiger partial charge in [0.1, 0.15) is 5.75 Å². The van der Waals surface area contributed by atoms with Crippen molar-refractivity contribution in [1.82, 2.24) is 5.32 Å². The summed E-state index contributed by atoms with van der Waals surface area (Å²) in [5.74, 6) is 0.331. The smallest absolute Gasteiger partial charge is 0.337 e. The van der Waals surface area contributed by atoms with Gasteiger partial charge in [-0.05, 0) is 30.6 Å². The highest BCUT2D eigenvalue weighted by Crippen LogP contribution is 2.22. The number of benzene rings is 1. The van der Waals surface area contributed by atoms with E-state index in [0.717, 1.165) is 12.2 Å². The number of carboxylic acid groups (broad SMARTS) is 1. The van der Waals surface area contributed by atoms with Crippen molar-refractivity contribution >= 4 is 29.4 Å². The largest absolute Gasteiger partial charge is 0.497 e. The second kappa shape index (κ2) is 8.31. The van der Waals surface area contributed by atoms with Crippen molar-refractivity contribution in [2.75, 3.05) is 31.0 Å². The molecule has 2 amide bonds. The Bertz CT molecular complexity index is 479. The van der Waals surface area contributed by atoms with Crippen LogP contribution in [0.25, 0.3) is 0 Å². The van der Waals surface area contributed by atoms with Crippen LogP contribution in [0, 0.1) is 0 Å². The predicted octanol–water partition coefficient (Wildman–Crippen LogP) is 2.27. The summed E-state index contributed by atoms with van der Waals surface area (Å²) < 4.78 is 5.02. The van der Waals surface area contributed by atoms with Gasteiger partial charge in [0, 0.05) is 12.6 Å². The molecule has 0 saturated carbocycles. The molecule has 0 atom stereocenters. The van der Waals surface area contributed by atoms with Crippen molar-refractivity contribution in [3.8, 4) is 5.75 Å². The van der Waals surface area contributed by atoms with E-state index in [2.05, 4.69) is 10.6 Å². The molecule has 0 fully saturated rings. The van der Waals surface area contributed by atoms with Gasteiger partial charge in [-0.1, -0.05) is 0 Å². The molecule has 7 heteroatoms. The molecule has 1 rings (SSSR count). The summed E-state index contributed by atoms with van der Waals surface area (Å²) in [4.78, 5) is 22.8.